The number of rotatable bonds is 6. The molecular formula is C15H16BrNO3. The van der Waals surface area contributed by atoms with Crippen LogP contribution in [0.3, 0.4) is 0 Å². The minimum Gasteiger partial charge on any atom is -0.493 e. The average Bonchev–Trinajstić information content (AvgIpc) is 3.32. The molecule has 0 radical (unpaired) electrons. The number of methoxy groups -OCH3 is 1. The lowest BCUT2D eigenvalue weighted by Gasteiger charge is -2.16. The molecule has 0 atom stereocenters. The third-order valence-corrected chi connectivity index (χ3v) is 4.50. The first kappa shape index (κ1) is 13.7. The summed E-state index contributed by atoms with van der Waals surface area (Å²) < 4.78 is 12.1. The Morgan fingerprint density at radius 1 is 1.45 bits per heavy atom. The number of halogens is 1. The third-order valence-electron chi connectivity index (χ3n) is 3.91. The van der Waals surface area contributed by atoms with Gasteiger partial charge in [0.15, 0.2) is 11.5 Å². The fourth-order valence-corrected chi connectivity index (χ4v) is 2.84. The number of aliphatic imine (C=N–C) groups is 1. The van der Waals surface area contributed by atoms with Crippen LogP contribution in [-0.2, 0) is 10.3 Å². The molecule has 2 saturated carbocycles. The van der Waals surface area contributed by atoms with E-state index in [0.717, 1.165) is 35.2 Å². The minimum atomic E-state index is -0.396. The smallest absolute Gasteiger partial charge is 0.235 e. The lowest BCUT2D eigenvalue weighted by molar-refractivity contribution is 0.278. The molecule has 20 heavy (non-hydrogen) atoms. The van der Waals surface area contributed by atoms with Crippen molar-refractivity contribution < 1.29 is 14.3 Å². The summed E-state index contributed by atoms with van der Waals surface area (Å²) in [7, 11) is 1.62. The lowest BCUT2D eigenvalue weighted by atomic mass is 10.0. The normalized spacial score (nSPS) is 19.1. The first-order valence-electron chi connectivity index (χ1n) is 6.78. The van der Waals surface area contributed by atoms with Gasteiger partial charge in [-0.25, -0.2) is 4.79 Å². The minimum absolute atomic E-state index is 0.396. The van der Waals surface area contributed by atoms with Gasteiger partial charge in [0.1, 0.15) is 0 Å². The quantitative estimate of drug-likeness (QED) is 0.588. The van der Waals surface area contributed by atoms with E-state index in [0.29, 0.717) is 11.7 Å². The van der Waals surface area contributed by atoms with Crippen LogP contribution in [0.1, 0.15) is 31.2 Å². The van der Waals surface area contributed by atoms with E-state index in [1.165, 1.54) is 12.8 Å². The van der Waals surface area contributed by atoms with Crippen molar-refractivity contribution in [2.75, 3.05) is 13.7 Å². The summed E-state index contributed by atoms with van der Waals surface area (Å²) >= 11 is 3.54. The molecule has 0 amide bonds. The van der Waals surface area contributed by atoms with Crippen LogP contribution in [-0.4, -0.2) is 19.8 Å². The molecular weight excluding hydrogens is 322 g/mol. The van der Waals surface area contributed by atoms with Gasteiger partial charge in [-0.15, -0.1) is 0 Å². The Morgan fingerprint density at radius 3 is 2.75 bits per heavy atom. The van der Waals surface area contributed by atoms with Crippen LogP contribution in [0.25, 0.3) is 0 Å². The van der Waals surface area contributed by atoms with Crippen LogP contribution in [0, 0.1) is 5.92 Å². The van der Waals surface area contributed by atoms with Crippen molar-refractivity contribution in [1.82, 2.24) is 0 Å². The number of carbonyl (C=O) groups excluding carboxylic acids is 1. The summed E-state index contributed by atoms with van der Waals surface area (Å²) in [6, 6.07) is 3.89. The molecule has 0 heterocycles. The predicted molar refractivity (Wildman–Crippen MR) is 77.9 cm³/mol. The Hall–Kier alpha value is -1.32. The van der Waals surface area contributed by atoms with E-state index in [1.807, 2.05) is 12.1 Å². The molecule has 4 nitrogen and oxygen atoms in total. The van der Waals surface area contributed by atoms with Crippen LogP contribution in [0.4, 0.5) is 0 Å². The number of nitrogens with zero attached hydrogens (tertiary/aromatic N) is 1. The molecule has 106 valence electrons. The highest BCUT2D eigenvalue weighted by Crippen LogP contribution is 2.52. The van der Waals surface area contributed by atoms with Gasteiger partial charge in [0.05, 0.1) is 23.7 Å². The van der Waals surface area contributed by atoms with Crippen LogP contribution in [0.5, 0.6) is 11.5 Å². The zero-order valence-electron chi connectivity index (χ0n) is 11.3. The molecule has 0 saturated heterocycles. The maximum Gasteiger partial charge on any atom is 0.235 e. The topological polar surface area (TPSA) is 47.9 Å². The zero-order chi connectivity index (χ0) is 14.2. The monoisotopic (exact) mass is 337 g/mol. The second kappa shape index (κ2) is 5.23. The van der Waals surface area contributed by atoms with E-state index >= 15 is 0 Å². The van der Waals surface area contributed by atoms with Crippen molar-refractivity contribution in [2.24, 2.45) is 10.9 Å². The average molecular weight is 338 g/mol. The number of hydrogen-bond donors (Lipinski definition) is 0. The molecule has 0 N–H and O–H groups in total. The molecule has 2 fully saturated rings. The van der Waals surface area contributed by atoms with Crippen LogP contribution >= 0.6 is 15.9 Å². The van der Waals surface area contributed by atoms with Crippen molar-refractivity contribution in [3.63, 3.8) is 0 Å². The van der Waals surface area contributed by atoms with Crippen LogP contribution < -0.4 is 9.47 Å². The van der Waals surface area contributed by atoms with Gasteiger partial charge in [-0.1, -0.05) is 0 Å². The van der Waals surface area contributed by atoms with E-state index in [1.54, 1.807) is 13.2 Å². The van der Waals surface area contributed by atoms with Crippen molar-refractivity contribution in [3.05, 3.63) is 22.2 Å². The Kier molecular flexibility index (Phi) is 3.57. The van der Waals surface area contributed by atoms with Gasteiger partial charge in [-0.05, 0) is 65.2 Å². The van der Waals surface area contributed by atoms with Gasteiger partial charge in [0, 0.05) is 0 Å². The van der Waals surface area contributed by atoms with Crippen molar-refractivity contribution >= 4 is 22.0 Å². The first-order chi connectivity index (χ1) is 9.68. The van der Waals surface area contributed by atoms with Crippen LogP contribution in [0.15, 0.2) is 21.6 Å². The summed E-state index contributed by atoms with van der Waals surface area (Å²) in [4.78, 5) is 14.5. The van der Waals surface area contributed by atoms with Gasteiger partial charge in [0.25, 0.3) is 0 Å². The van der Waals surface area contributed by atoms with Gasteiger partial charge < -0.3 is 9.47 Å². The van der Waals surface area contributed by atoms with E-state index in [4.69, 9.17) is 9.47 Å². The second-order valence-corrected chi connectivity index (χ2v) is 6.33. The summed E-state index contributed by atoms with van der Waals surface area (Å²) in [6.07, 6.45) is 5.92. The third kappa shape index (κ3) is 2.60. The van der Waals surface area contributed by atoms with Gasteiger partial charge in [-0.3, -0.25) is 0 Å². The molecule has 3 rings (SSSR count). The van der Waals surface area contributed by atoms with Crippen LogP contribution in [0.2, 0.25) is 0 Å². The fourth-order valence-electron chi connectivity index (χ4n) is 2.29. The molecule has 1 aromatic rings. The molecule has 2 aliphatic rings. The molecule has 2 aliphatic carbocycles. The second-order valence-electron chi connectivity index (χ2n) is 5.48. The van der Waals surface area contributed by atoms with Crippen molar-refractivity contribution in [2.45, 2.75) is 31.2 Å². The number of ether oxygens (including phenoxy) is 2. The van der Waals surface area contributed by atoms with E-state index in [2.05, 4.69) is 20.9 Å². The Bertz CT molecular complexity index is 573. The van der Waals surface area contributed by atoms with E-state index < -0.39 is 5.54 Å². The summed E-state index contributed by atoms with van der Waals surface area (Å²) in [6.45, 7) is 0.728. The summed E-state index contributed by atoms with van der Waals surface area (Å²) in [5.41, 5.74) is 0.579. The van der Waals surface area contributed by atoms with E-state index in [9.17, 15) is 4.79 Å². The number of hydrogen-bond acceptors (Lipinski definition) is 4. The standard InChI is InChI=1S/C15H16BrNO3/c1-19-13-7-11(15(4-5-15)17-9-18)6-12(16)14(13)20-8-10-2-3-10/h6-7,10H,2-5,8H2,1H3. The first-order valence-corrected chi connectivity index (χ1v) is 7.58. The molecule has 5 heteroatoms. The molecule has 0 bridgehead atoms. The highest BCUT2D eigenvalue weighted by Gasteiger charge is 2.45. The summed E-state index contributed by atoms with van der Waals surface area (Å²) in [5, 5.41) is 0. The van der Waals surface area contributed by atoms with Gasteiger partial charge >= 0.3 is 0 Å². The lowest BCUT2D eigenvalue weighted by Crippen LogP contribution is -2.06. The zero-order valence-corrected chi connectivity index (χ0v) is 12.9. The fraction of sp³-hybridized carbons (Fsp3) is 0.533. The molecule has 1 aromatic carbocycles. The number of isocyanates is 1. The largest absolute Gasteiger partial charge is 0.493 e. The Morgan fingerprint density at radius 2 is 2.20 bits per heavy atom. The Labute approximate surface area is 126 Å². The predicted octanol–water partition coefficient (Wildman–Crippen LogP) is 3.57. The molecule has 0 aliphatic heterocycles. The van der Waals surface area contributed by atoms with Crippen molar-refractivity contribution in [1.29, 1.82) is 0 Å². The van der Waals surface area contributed by atoms with Gasteiger partial charge in [-0.2, -0.15) is 4.99 Å². The molecule has 0 unspecified atom stereocenters. The maximum atomic E-state index is 10.6. The van der Waals surface area contributed by atoms with Gasteiger partial charge in [0.2, 0.25) is 6.08 Å². The SMILES string of the molecule is COc1cc(C2(N=C=O)CC2)cc(Br)c1OCC1CC1. The highest BCUT2D eigenvalue weighted by atomic mass is 79.9. The molecule has 0 spiro atoms. The summed E-state index contributed by atoms with van der Waals surface area (Å²) in [5.74, 6) is 2.09. The maximum absolute atomic E-state index is 10.6. The van der Waals surface area contributed by atoms with E-state index in [-0.39, 0.29) is 0 Å². The highest BCUT2D eigenvalue weighted by molar-refractivity contribution is 9.10. The molecule has 0 aromatic heterocycles. The van der Waals surface area contributed by atoms with Crippen molar-refractivity contribution in [3.8, 4) is 11.5 Å². The Balaban J connectivity index is 1.90. The number of benzene rings is 1.